The van der Waals surface area contributed by atoms with Gasteiger partial charge in [-0.15, -0.1) is 5.10 Å². The van der Waals surface area contributed by atoms with Crippen LogP contribution in [0.3, 0.4) is 0 Å². The van der Waals surface area contributed by atoms with Crippen LogP contribution in [-0.4, -0.2) is 46.3 Å². The second kappa shape index (κ2) is 11.1. The van der Waals surface area contributed by atoms with Crippen LogP contribution in [-0.2, 0) is 11.3 Å². The van der Waals surface area contributed by atoms with Crippen molar-refractivity contribution in [3.8, 4) is 22.1 Å². The van der Waals surface area contributed by atoms with Crippen molar-refractivity contribution in [1.82, 2.24) is 20.2 Å². The molecule has 0 saturated heterocycles. The number of amides is 1. The molecule has 36 heavy (non-hydrogen) atoms. The van der Waals surface area contributed by atoms with Crippen molar-refractivity contribution in [2.75, 3.05) is 19.5 Å². The van der Waals surface area contributed by atoms with Gasteiger partial charge in [0.1, 0.15) is 12.4 Å². The molecule has 0 radical (unpaired) electrons. The summed E-state index contributed by atoms with van der Waals surface area (Å²) in [5.41, 5.74) is 3.16. The molecule has 0 aliphatic carbocycles. The summed E-state index contributed by atoms with van der Waals surface area (Å²) in [7, 11) is 2.78. The zero-order chi connectivity index (χ0) is 25.7. The van der Waals surface area contributed by atoms with Gasteiger partial charge < -0.3 is 14.2 Å². The number of halogens is 1. The molecule has 1 aromatic carbocycles. The summed E-state index contributed by atoms with van der Waals surface area (Å²) >= 11 is 6.91. The number of aromatic nitrogens is 4. The first-order chi connectivity index (χ1) is 17.4. The van der Waals surface area contributed by atoms with E-state index >= 15 is 0 Å². The summed E-state index contributed by atoms with van der Waals surface area (Å²) in [4.78, 5) is 33.5. The van der Waals surface area contributed by atoms with E-state index < -0.39 is 11.9 Å². The normalized spacial score (nSPS) is 10.6. The van der Waals surface area contributed by atoms with E-state index in [1.54, 1.807) is 36.4 Å². The summed E-state index contributed by atoms with van der Waals surface area (Å²) in [5, 5.41) is 11.7. The number of hydrogen-bond acceptors (Lipinski definition) is 10. The first-order valence-corrected chi connectivity index (χ1v) is 11.7. The lowest BCUT2D eigenvalue weighted by molar-refractivity contribution is 0.0600. The van der Waals surface area contributed by atoms with Crippen molar-refractivity contribution in [3.63, 3.8) is 0 Å². The Labute approximate surface area is 215 Å². The highest BCUT2D eigenvalue weighted by Crippen LogP contribution is 2.34. The molecule has 3 heterocycles. The molecule has 0 aliphatic heterocycles. The molecule has 4 aromatic rings. The third-order valence-corrected chi connectivity index (χ3v) is 5.93. The zero-order valence-electron chi connectivity index (χ0n) is 19.4. The highest BCUT2D eigenvalue weighted by molar-refractivity contribution is 7.17. The SMILES string of the molecule is COC(=O)c1ccc(-c2cc(C)ncc2C(=O)Nc2nnc(OCc3ccc(Cl)cn3)s2)c(OC)c1. The van der Waals surface area contributed by atoms with Crippen molar-refractivity contribution >= 4 is 39.9 Å². The maximum Gasteiger partial charge on any atom is 0.337 e. The quantitative estimate of drug-likeness (QED) is 0.329. The largest absolute Gasteiger partial charge is 0.496 e. The van der Waals surface area contributed by atoms with E-state index in [1.807, 2.05) is 6.92 Å². The van der Waals surface area contributed by atoms with E-state index in [0.717, 1.165) is 11.3 Å². The van der Waals surface area contributed by atoms with Crippen LogP contribution >= 0.6 is 22.9 Å². The molecule has 0 spiro atoms. The standard InChI is InChI=1S/C24H20ClN5O5S/c1-13-8-18(17-7-4-14(22(32)34-3)9-20(17)33-2)19(11-26-13)21(31)28-23-29-30-24(36-23)35-12-16-6-5-15(25)10-27-16/h4-11H,12H2,1-3H3,(H,28,29,31). The van der Waals surface area contributed by atoms with Crippen LogP contribution in [0.4, 0.5) is 5.13 Å². The fourth-order valence-corrected chi connectivity index (χ4v) is 3.93. The number of carbonyl (C=O) groups is 2. The number of carbonyl (C=O) groups excluding carboxylic acids is 2. The molecular formula is C24H20ClN5O5S. The second-order valence-electron chi connectivity index (χ2n) is 7.36. The molecule has 184 valence electrons. The molecule has 0 bridgehead atoms. The van der Waals surface area contributed by atoms with Crippen LogP contribution in [0, 0.1) is 6.92 Å². The maximum absolute atomic E-state index is 13.2. The number of ether oxygens (including phenoxy) is 3. The van der Waals surface area contributed by atoms with Gasteiger partial charge in [0.15, 0.2) is 0 Å². The number of pyridine rings is 2. The van der Waals surface area contributed by atoms with Crippen LogP contribution in [0.2, 0.25) is 5.02 Å². The smallest absolute Gasteiger partial charge is 0.337 e. The van der Waals surface area contributed by atoms with Crippen LogP contribution < -0.4 is 14.8 Å². The van der Waals surface area contributed by atoms with Gasteiger partial charge in [0.05, 0.1) is 36.1 Å². The van der Waals surface area contributed by atoms with Gasteiger partial charge in [-0.05, 0) is 54.7 Å². The van der Waals surface area contributed by atoms with Gasteiger partial charge >= 0.3 is 5.97 Å². The first-order valence-electron chi connectivity index (χ1n) is 10.5. The number of nitrogens with one attached hydrogen (secondary N) is 1. The molecule has 3 aromatic heterocycles. The van der Waals surface area contributed by atoms with E-state index in [2.05, 4.69) is 25.5 Å². The average Bonchev–Trinajstić information content (AvgIpc) is 3.34. The van der Waals surface area contributed by atoms with Gasteiger partial charge in [0.2, 0.25) is 5.13 Å². The van der Waals surface area contributed by atoms with Gasteiger partial charge in [0.25, 0.3) is 11.1 Å². The third-order valence-electron chi connectivity index (χ3n) is 4.96. The Bertz CT molecular complexity index is 1410. The molecular weight excluding hydrogens is 506 g/mol. The molecule has 0 saturated carbocycles. The zero-order valence-corrected chi connectivity index (χ0v) is 21.0. The number of esters is 1. The first kappa shape index (κ1) is 25.0. The highest BCUT2D eigenvalue weighted by Gasteiger charge is 2.20. The van der Waals surface area contributed by atoms with Gasteiger partial charge in [-0.2, -0.15) is 0 Å². The number of hydrogen-bond donors (Lipinski definition) is 1. The van der Waals surface area contributed by atoms with Crippen LogP contribution in [0.1, 0.15) is 32.1 Å². The minimum Gasteiger partial charge on any atom is -0.496 e. The predicted molar refractivity (Wildman–Crippen MR) is 134 cm³/mol. The summed E-state index contributed by atoms with van der Waals surface area (Å²) in [6.45, 7) is 1.98. The molecule has 1 amide bonds. The molecule has 0 unspecified atom stereocenters. The number of benzene rings is 1. The Morgan fingerprint density at radius 3 is 2.58 bits per heavy atom. The van der Waals surface area contributed by atoms with Gasteiger partial charge in [-0.3, -0.25) is 20.1 Å². The summed E-state index contributed by atoms with van der Waals surface area (Å²) in [6.07, 6.45) is 3.00. The van der Waals surface area contributed by atoms with Crippen molar-refractivity contribution in [1.29, 1.82) is 0 Å². The minimum absolute atomic E-state index is 0.174. The Morgan fingerprint density at radius 2 is 1.86 bits per heavy atom. The number of rotatable bonds is 8. The number of methoxy groups -OCH3 is 2. The van der Waals surface area contributed by atoms with E-state index in [9.17, 15) is 9.59 Å². The summed E-state index contributed by atoms with van der Waals surface area (Å²) < 4.78 is 15.9. The van der Waals surface area contributed by atoms with E-state index in [-0.39, 0.29) is 22.5 Å². The third kappa shape index (κ3) is 5.75. The Balaban J connectivity index is 1.54. The van der Waals surface area contributed by atoms with E-state index in [4.69, 9.17) is 25.8 Å². The average molecular weight is 526 g/mol. The number of anilines is 1. The monoisotopic (exact) mass is 525 g/mol. The van der Waals surface area contributed by atoms with Gasteiger partial charge in [-0.1, -0.05) is 16.7 Å². The lowest BCUT2D eigenvalue weighted by Gasteiger charge is -2.14. The Kier molecular flexibility index (Phi) is 7.71. The number of aryl methyl sites for hydroxylation is 1. The lowest BCUT2D eigenvalue weighted by atomic mass is 9.98. The van der Waals surface area contributed by atoms with E-state index in [0.29, 0.717) is 38.9 Å². The minimum atomic E-state index is -0.495. The number of nitrogens with zero attached hydrogens (tertiary/aromatic N) is 4. The fourth-order valence-electron chi connectivity index (χ4n) is 3.23. The molecule has 10 nitrogen and oxygen atoms in total. The van der Waals surface area contributed by atoms with Crippen molar-refractivity contribution in [3.05, 3.63) is 76.3 Å². The van der Waals surface area contributed by atoms with Crippen LogP contribution in [0.15, 0.2) is 48.8 Å². The Morgan fingerprint density at radius 1 is 1.03 bits per heavy atom. The van der Waals surface area contributed by atoms with Crippen molar-refractivity contribution in [2.24, 2.45) is 0 Å². The van der Waals surface area contributed by atoms with E-state index in [1.165, 1.54) is 26.6 Å². The molecule has 0 fully saturated rings. The lowest BCUT2D eigenvalue weighted by Crippen LogP contribution is -2.14. The maximum atomic E-state index is 13.2. The highest BCUT2D eigenvalue weighted by atomic mass is 35.5. The summed E-state index contributed by atoms with van der Waals surface area (Å²) in [6, 6.07) is 10.1. The molecule has 1 N–H and O–H groups in total. The van der Waals surface area contributed by atoms with Crippen molar-refractivity contribution < 1.29 is 23.8 Å². The Hall–Kier alpha value is -4.09. The predicted octanol–water partition coefficient (Wildman–Crippen LogP) is 4.58. The molecule has 12 heteroatoms. The second-order valence-corrected chi connectivity index (χ2v) is 8.74. The van der Waals surface area contributed by atoms with Crippen molar-refractivity contribution in [2.45, 2.75) is 13.5 Å². The van der Waals surface area contributed by atoms with Crippen LogP contribution in [0.25, 0.3) is 11.1 Å². The topological polar surface area (TPSA) is 125 Å². The molecule has 0 atom stereocenters. The van der Waals surface area contributed by atoms with Crippen LogP contribution in [0.5, 0.6) is 10.9 Å². The molecule has 0 aliphatic rings. The van der Waals surface area contributed by atoms with Gasteiger partial charge in [-0.25, -0.2) is 4.79 Å². The fraction of sp³-hybridized carbons (Fsp3) is 0.167. The molecule has 4 rings (SSSR count). The van der Waals surface area contributed by atoms with Gasteiger partial charge in [0, 0.05) is 29.2 Å². The summed E-state index contributed by atoms with van der Waals surface area (Å²) in [5.74, 6) is -0.538.